The highest BCUT2D eigenvalue weighted by atomic mass is 35.5. The van der Waals surface area contributed by atoms with Crippen LogP contribution in [0, 0.1) is 0 Å². The largest absolute Gasteiger partial charge is 0.398 e. The minimum atomic E-state index is 0.651. The first-order chi connectivity index (χ1) is 6.75. The molecule has 0 atom stereocenters. The summed E-state index contributed by atoms with van der Waals surface area (Å²) < 4.78 is 0. The summed E-state index contributed by atoms with van der Waals surface area (Å²) >= 11 is 5.92. The van der Waals surface area contributed by atoms with Crippen molar-refractivity contribution < 1.29 is 0 Å². The van der Waals surface area contributed by atoms with Crippen molar-refractivity contribution in [2.24, 2.45) is 0 Å². The number of halogens is 1. The predicted molar refractivity (Wildman–Crippen MR) is 60.3 cm³/mol. The van der Waals surface area contributed by atoms with Gasteiger partial charge in [0.15, 0.2) is 0 Å². The highest BCUT2D eigenvalue weighted by Gasteiger charge is 2.15. The lowest BCUT2D eigenvalue weighted by molar-refractivity contribution is 0.338. The zero-order valence-electron chi connectivity index (χ0n) is 8.09. The molecular weight excluding hydrogens is 196 g/mol. The van der Waals surface area contributed by atoms with Crippen molar-refractivity contribution in [1.82, 2.24) is 5.32 Å². The van der Waals surface area contributed by atoms with Crippen molar-refractivity contribution in [2.45, 2.75) is 31.8 Å². The van der Waals surface area contributed by atoms with Gasteiger partial charge < -0.3 is 11.1 Å². The van der Waals surface area contributed by atoms with Crippen LogP contribution in [-0.4, -0.2) is 6.04 Å². The Morgan fingerprint density at radius 1 is 1.43 bits per heavy atom. The van der Waals surface area contributed by atoms with Gasteiger partial charge in [-0.1, -0.05) is 24.1 Å². The van der Waals surface area contributed by atoms with Gasteiger partial charge in [-0.2, -0.15) is 0 Å². The maximum absolute atomic E-state index is 5.92. The lowest BCUT2D eigenvalue weighted by Gasteiger charge is -2.26. The van der Waals surface area contributed by atoms with Crippen LogP contribution in [0.1, 0.15) is 24.8 Å². The molecule has 0 saturated heterocycles. The van der Waals surface area contributed by atoms with Crippen LogP contribution in [0.2, 0.25) is 5.02 Å². The number of nitrogens with two attached hydrogens (primary N) is 1. The van der Waals surface area contributed by atoms with Gasteiger partial charge in [0.1, 0.15) is 0 Å². The number of hydrogen-bond donors (Lipinski definition) is 2. The Hall–Kier alpha value is -0.730. The molecule has 0 heterocycles. The van der Waals surface area contributed by atoms with E-state index in [4.69, 9.17) is 17.3 Å². The smallest absolute Gasteiger partial charge is 0.0638 e. The summed E-state index contributed by atoms with van der Waals surface area (Å²) in [6.07, 6.45) is 3.98. The fraction of sp³-hybridized carbons (Fsp3) is 0.455. The van der Waals surface area contributed by atoms with Crippen molar-refractivity contribution in [3.8, 4) is 0 Å². The van der Waals surface area contributed by atoms with E-state index in [9.17, 15) is 0 Å². The second-order valence-electron chi connectivity index (χ2n) is 3.86. The standard InChI is InChI=1S/C11H15ClN2/c12-10-6-8(4-5-11(10)13)7-14-9-2-1-3-9/h4-6,9,14H,1-3,7,13H2. The van der Waals surface area contributed by atoms with E-state index in [2.05, 4.69) is 5.32 Å². The molecule has 1 aliphatic rings. The minimum Gasteiger partial charge on any atom is -0.398 e. The Morgan fingerprint density at radius 3 is 2.79 bits per heavy atom. The number of nitrogens with one attached hydrogen (secondary N) is 1. The van der Waals surface area contributed by atoms with E-state index in [1.807, 2.05) is 18.2 Å². The number of nitrogen functional groups attached to an aromatic ring is 1. The van der Waals surface area contributed by atoms with Crippen LogP contribution in [0.5, 0.6) is 0 Å². The van der Waals surface area contributed by atoms with Gasteiger partial charge in [-0.3, -0.25) is 0 Å². The van der Waals surface area contributed by atoms with Crippen molar-refractivity contribution in [2.75, 3.05) is 5.73 Å². The highest BCUT2D eigenvalue weighted by molar-refractivity contribution is 6.33. The van der Waals surface area contributed by atoms with Crippen LogP contribution in [0.25, 0.3) is 0 Å². The molecule has 0 radical (unpaired) electrons. The normalized spacial score (nSPS) is 16.6. The van der Waals surface area contributed by atoms with Crippen molar-refractivity contribution >= 4 is 17.3 Å². The Morgan fingerprint density at radius 2 is 2.21 bits per heavy atom. The van der Waals surface area contributed by atoms with Crippen LogP contribution < -0.4 is 11.1 Å². The average Bonchev–Trinajstić information content (AvgIpc) is 2.08. The van der Waals surface area contributed by atoms with Gasteiger partial charge in [-0.25, -0.2) is 0 Å². The third kappa shape index (κ3) is 2.20. The number of hydrogen-bond acceptors (Lipinski definition) is 2. The topological polar surface area (TPSA) is 38.0 Å². The Balaban J connectivity index is 1.91. The third-order valence-corrected chi connectivity index (χ3v) is 3.09. The Kier molecular flexibility index (Phi) is 2.94. The van der Waals surface area contributed by atoms with Gasteiger partial charge >= 0.3 is 0 Å². The molecule has 0 unspecified atom stereocenters. The molecule has 1 saturated carbocycles. The number of anilines is 1. The van der Waals surface area contributed by atoms with E-state index in [-0.39, 0.29) is 0 Å². The maximum atomic E-state index is 5.92. The molecule has 1 aromatic carbocycles. The molecule has 3 N–H and O–H groups in total. The number of rotatable bonds is 3. The summed E-state index contributed by atoms with van der Waals surface area (Å²) in [6.45, 7) is 0.894. The molecule has 3 heteroatoms. The van der Waals surface area contributed by atoms with Gasteiger partial charge in [0.2, 0.25) is 0 Å². The first-order valence-electron chi connectivity index (χ1n) is 5.03. The van der Waals surface area contributed by atoms with E-state index in [0.717, 1.165) is 6.54 Å². The van der Waals surface area contributed by atoms with E-state index >= 15 is 0 Å². The van der Waals surface area contributed by atoms with Crippen LogP contribution in [0.4, 0.5) is 5.69 Å². The second-order valence-corrected chi connectivity index (χ2v) is 4.27. The minimum absolute atomic E-state index is 0.651. The molecule has 76 valence electrons. The summed E-state index contributed by atoms with van der Waals surface area (Å²) in [5.74, 6) is 0. The van der Waals surface area contributed by atoms with Gasteiger partial charge in [0.05, 0.1) is 10.7 Å². The molecule has 0 aromatic heterocycles. The zero-order valence-corrected chi connectivity index (χ0v) is 8.85. The Bertz CT molecular complexity index is 321. The monoisotopic (exact) mass is 210 g/mol. The summed E-state index contributed by atoms with van der Waals surface area (Å²) in [5.41, 5.74) is 7.49. The summed E-state index contributed by atoms with van der Waals surface area (Å²) in [4.78, 5) is 0. The highest BCUT2D eigenvalue weighted by Crippen LogP contribution is 2.21. The Labute approximate surface area is 89.4 Å². The fourth-order valence-electron chi connectivity index (χ4n) is 1.56. The lowest BCUT2D eigenvalue weighted by Crippen LogP contribution is -2.34. The lowest BCUT2D eigenvalue weighted by atomic mass is 9.93. The molecule has 1 aliphatic carbocycles. The first kappa shape index (κ1) is 9.81. The second kappa shape index (κ2) is 4.20. The van der Waals surface area contributed by atoms with Gasteiger partial charge in [0.25, 0.3) is 0 Å². The van der Waals surface area contributed by atoms with Crippen LogP contribution in [0.3, 0.4) is 0 Å². The van der Waals surface area contributed by atoms with Crippen LogP contribution in [-0.2, 0) is 6.54 Å². The van der Waals surface area contributed by atoms with E-state index in [1.54, 1.807) is 0 Å². The SMILES string of the molecule is Nc1ccc(CNC2CCC2)cc1Cl. The molecule has 1 aromatic rings. The average molecular weight is 211 g/mol. The van der Waals surface area contributed by atoms with Gasteiger partial charge in [-0.15, -0.1) is 0 Å². The van der Waals surface area contributed by atoms with E-state index < -0.39 is 0 Å². The summed E-state index contributed by atoms with van der Waals surface area (Å²) in [5, 5.41) is 4.13. The molecular formula is C11H15ClN2. The van der Waals surface area contributed by atoms with Crippen LogP contribution >= 0.6 is 11.6 Å². The maximum Gasteiger partial charge on any atom is 0.0638 e. The zero-order chi connectivity index (χ0) is 9.97. The van der Waals surface area contributed by atoms with Gasteiger partial charge in [-0.05, 0) is 30.5 Å². The fourth-order valence-corrected chi connectivity index (χ4v) is 1.76. The summed E-state index contributed by atoms with van der Waals surface area (Å²) in [6, 6.07) is 6.53. The van der Waals surface area contributed by atoms with E-state index in [0.29, 0.717) is 16.8 Å². The van der Waals surface area contributed by atoms with Gasteiger partial charge in [0, 0.05) is 12.6 Å². The van der Waals surface area contributed by atoms with Crippen LogP contribution in [0.15, 0.2) is 18.2 Å². The summed E-state index contributed by atoms with van der Waals surface area (Å²) in [7, 11) is 0. The molecule has 14 heavy (non-hydrogen) atoms. The van der Waals surface area contributed by atoms with E-state index in [1.165, 1.54) is 24.8 Å². The molecule has 0 bridgehead atoms. The predicted octanol–water partition coefficient (Wildman–Crippen LogP) is 2.56. The molecule has 0 amide bonds. The quantitative estimate of drug-likeness (QED) is 0.753. The first-order valence-corrected chi connectivity index (χ1v) is 5.41. The van der Waals surface area contributed by atoms with Crippen molar-refractivity contribution in [1.29, 1.82) is 0 Å². The molecule has 0 aliphatic heterocycles. The molecule has 0 spiro atoms. The molecule has 1 fully saturated rings. The molecule has 2 nitrogen and oxygen atoms in total. The third-order valence-electron chi connectivity index (χ3n) is 2.76. The van der Waals surface area contributed by atoms with Crippen molar-refractivity contribution in [3.05, 3.63) is 28.8 Å². The molecule has 2 rings (SSSR count). The number of benzene rings is 1. The van der Waals surface area contributed by atoms with Crippen molar-refractivity contribution in [3.63, 3.8) is 0 Å².